The molecule has 1 aromatic heterocycles. The van der Waals surface area contributed by atoms with Gasteiger partial charge in [0.1, 0.15) is 18.8 Å². The van der Waals surface area contributed by atoms with Crippen LogP contribution in [-0.4, -0.2) is 36.3 Å². The fraction of sp³-hybridized carbons (Fsp3) is 0.429. The van der Waals surface area contributed by atoms with Crippen LogP contribution in [0.15, 0.2) is 35.4 Å². The molecule has 4 rings (SSSR count). The fourth-order valence-electron chi connectivity index (χ4n) is 4.23. The lowest BCUT2D eigenvalue weighted by atomic mass is 9.95. The highest BCUT2D eigenvalue weighted by Crippen LogP contribution is 2.44. The van der Waals surface area contributed by atoms with Crippen molar-refractivity contribution < 1.29 is 33.4 Å². The van der Waals surface area contributed by atoms with Gasteiger partial charge in [0.2, 0.25) is 0 Å². The summed E-state index contributed by atoms with van der Waals surface area (Å²) in [5.41, 5.74) is 4.42. The molecule has 0 unspecified atom stereocenters. The Morgan fingerprint density at radius 3 is 2.48 bits per heavy atom. The third kappa shape index (κ3) is 5.33. The number of rotatable bonds is 4. The van der Waals surface area contributed by atoms with Gasteiger partial charge in [-0.2, -0.15) is 10.5 Å². The van der Waals surface area contributed by atoms with Crippen LogP contribution >= 0.6 is 46.1 Å². The summed E-state index contributed by atoms with van der Waals surface area (Å²) >= 11 is 20.3. The van der Waals surface area contributed by atoms with E-state index >= 15 is 0 Å². The van der Waals surface area contributed by atoms with Crippen molar-refractivity contribution >= 4 is 63.4 Å². The van der Waals surface area contributed by atoms with Gasteiger partial charge in [0.15, 0.2) is 0 Å². The molecule has 0 bridgehead atoms. The second-order valence-corrected chi connectivity index (χ2v) is 10.7. The van der Waals surface area contributed by atoms with Gasteiger partial charge < -0.3 is 24.0 Å². The summed E-state index contributed by atoms with van der Waals surface area (Å²) in [6, 6.07) is 8.98. The van der Waals surface area contributed by atoms with Gasteiger partial charge in [0, 0.05) is 15.8 Å². The number of amides is 1. The molecule has 3 heterocycles. The number of hydrogen-bond acceptors (Lipinski definition) is 4. The van der Waals surface area contributed by atoms with Gasteiger partial charge in [0.25, 0.3) is 0 Å². The predicted molar refractivity (Wildman–Crippen MR) is 126 cm³/mol. The summed E-state index contributed by atoms with van der Waals surface area (Å²) in [5, 5.41) is 7.63. The van der Waals surface area contributed by atoms with Crippen LogP contribution in [0.25, 0.3) is 0 Å². The first-order chi connectivity index (χ1) is 14.3. The third-order valence-electron chi connectivity index (χ3n) is 5.83. The van der Waals surface area contributed by atoms with E-state index in [0.29, 0.717) is 30.4 Å². The lowest BCUT2D eigenvalue weighted by molar-refractivity contribution is -0.947. The van der Waals surface area contributed by atoms with E-state index in [2.05, 4.69) is 12.5 Å². The number of halogens is 4. The lowest BCUT2D eigenvalue weighted by Crippen LogP contribution is -3.00. The van der Waals surface area contributed by atoms with Crippen LogP contribution in [0.3, 0.4) is 0 Å². The zero-order valence-corrected chi connectivity index (χ0v) is 22.5. The van der Waals surface area contributed by atoms with Gasteiger partial charge in [-0.25, -0.2) is 4.59 Å². The highest BCUT2D eigenvalue weighted by molar-refractivity contribution is 7.16. The SMILES string of the molecule is C[C@H]1C(C(=O)N[N+]2(C)CCCCC2)=NN(c2ccc(Cl)cc2Cl)[C@H]1c1ccc(Cl)s1.[I-]. The number of benzene rings is 1. The fourth-order valence-corrected chi connectivity index (χ4v) is 5.98. The zero-order chi connectivity index (χ0) is 21.5. The van der Waals surface area contributed by atoms with Crippen LogP contribution in [0.1, 0.15) is 37.1 Å². The predicted octanol–water partition coefficient (Wildman–Crippen LogP) is 2.93. The van der Waals surface area contributed by atoms with Crippen LogP contribution in [0.5, 0.6) is 0 Å². The van der Waals surface area contributed by atoms with Gasteiger partial charge in [-0.3, -0.25) is 9.80 Å². The molecular weight excluding hydrogens is 590 g/mol. The quantitative estimate of drug-likeness (QED) is 0.426. The van der Waals surface area contributed by atoms with Crippen molar-refractivity contribution in [3.63, 3.8) is 0 Å². The molecule has 2 aromatic rings. The Hall–Kier alpha value is -0.580. The highest BCUT2D eigenvalue weighted by atomic mass is 127. The average Bonchev–Trinajstić information content (AvgIpc) is 3.25. The minimum Gasteiger partial charge on any atom is -1.00 e. The Labute approximate surface area is 218 Å². The molecule has 0 saturated carbocycles. The number of carbonyl (C=O) groups excluding carboxylic acids is 1. The molecular formula is C21H24Cl3IN4OS. The molecule has 10 heteroatoms. The number of carbonyl (C=O) groups is 1. The van der Waals surface area contributed by atoms with Crippen molar-refractivity contribution in [3.05, 3.63) is 49.6 Å². The van der Waals surface area contributed by atoms with Gasteiger partial charge in [0.05, 0.1) is 28.1 Å². The lowest BCUT2D eigenvalue weighted by Gasteiger charge is -2.36. The Kier molecular flexibility index (Phi) is 8.19. The van der Waals surface area contributed by atoms with Crippen molar-refractivity contribution in [2.24, 2.45) is 11.0 Å². The van der Waals surface area contributed by atoms with Crippen LogP contribution in [-0.2, 0) is 4.79 Å². The number of nitrogens with one attached hydrogen (secondary N) is 1. The topological polar surface area (TPSA) is 44.7 Å². The van der Waals surface area contributed by atoms with E-state index in [1.807, 2.05) is 30.1 Å². The zero-order valence-electron chi connectivity index (χ0n) is 17.2. The third-order valence-corrected chi connectivity index (χ3v) is 7.67. The number of hydrogen-bond donors (Lipinski definition) is 1. The van der Waals surface area contributed by atoms with Crippen molar-refractivity contribution in [1.29, 1.82) is 0 Å². The minimum absolute atomic E-state index is 0. The molecule has 5 nitrogen and oxygen atoms in total. The maximum absolute atomic E-state index is 13.3. The normalized spacial score (nSPS) is 22.6. The maximum Gasteiger partial charge on any atom is 0.312 e. The van der Waals surface area contributed by atoms with E-state index in [1.165, 1.54) is 17.8 Å². The number of nitrogens with zero attached hydrogens (tertiary/aromatic N) is 3. The molecule has 1 fully saturated rings. The van der Waals surface area contributed by atoms with Gasteiger partial charge >= 0.3 is 5.91 Å². The smallest absolute Gasteiger partial charge is 0.312 e. The number of piperidine rings is 1. The van der Waals surface area contributed by atoms with Crippen LogP contribution in [0.2, 0.25) is 14.4 Å². The summed E-state index contributed by atoms with van der Waals surface area (Å²) in [6.45, 7) is 3.89. The van der Waals surface area contributed by atoms with Gasteiger partial charge in [-0.05, 0) is 49.6 Å². The maximum atomic E-state index is 13.3. The van der Waals surface area contributed by atoms with E-state index in [4.69, 9.17) is 39.9 Å². The molecule has 1 aromatic carbocycles. The Bertz CT molecular complexity index is 993. The van der Waals surface area contributed by atoms with Crippen molar-refractivity contribution in [3.8, 4) is 0 Å². The van der Waals surface area contributed by atoms with Crippen molar-refractivity contribution in [2.75, 3.05) is 25.1 Å². The standard InChI is InChI=1S/C21H23Cl3N4OS.HI/c1-13-19(21(29)26-28(2)10-4-3-5-11-28)25-27(16-7-6-14(22)12-15(16)23)20(13)17-8-9-18(24)30-17;/h6-9,12-13,20H,3-5,10-11H2,1-2H3;1H/t13-,20+;/m0./s1. The van der Waals surface area contributed by atoms with Crippen LogP contribution in [0.4, 0.5) is 5.69 Å². The van der Waals surface area contributed by atoms with E-state index in [9.17, 15) is 4.79 Å². The first-order valence-electron chi connectivity index (χ1n) is 10.0. The number of thiophene rings is 1. The number of hydrazone groups is 1. The molecule has 1 N–H and O–H groups in total. The molecule has 0 radical (unpaired) electrons. The second kappa shape index (κ2) is 10.1. The van der Waals surface area contributed by atoms with Gasteiger partial charge in [-0.1, -0.05) is 41.7 Å². The second-order valence-electron chi connectivity index (χ2n) is 8.15. The Balaban J connectivity index is 0.00000272. The molecule has 0 spiro atoms. The Morgan fingerprint density at radius 2 is 1.87 bits per heavy atom. The van der Waals surface area contributed by atoms with Crippen LogP contribution < -0.4 is 34.4 Å². The number of likely N-dealkylation sites (tertiary alicyclic amines) is 1. The number of quaternary nitrogens is 1. The highest BCUT2D eigenvalue weighted by Gasteiger charge is 2.42. The Morgan fingerprint density at radius 1 is 1.16 bits per heavy atom. The van der Waals surface area contributed by atoms with E-state index < -0.39 is 0 Å². The monoisotopic (exact) mass is 612 g/mol. The molecule has 1 amide bonds. The molecule has 2 aliphatic rings. The minimum atomic E-state index is -0.173. The van der Waals surface area contributed by atoms with Gasteiger partial charge in [-0.15, -0.1) is 11.3 Å². The van der Waals surface area contributed by atoms with E-state index in [0.717, 1.165) is 30.8 Å². The summed E-state index contributed by atoms with van der Waals surface area (Å²) in [5.74, 6) is -0.269. The summed E-state index contributed by atoms with van der Waals surface area (Å²) in [7, 11) is 2.07. The van der Waals surface area contributed by atoms with Crippen molar-refractivity contribution in [2.45, 2.75) is 32.2 Å². The van der Waals surface area contributed by atoms with E-state index in [1.54, 1.807) is 12.1 Å². The summed E-state index contributed by atoms with van der Waals surface area (Å²) in [6.07, 6.45) is 3.44. The summed E-state index contributed by atoms with van der Waals surface area (Å²) in [4.78, 5) is 14.3. The first kappa shape index (κ1) is 25.1. The molecule has 31 heavy (non-hydrogen) atoms. The molecule has 2 atom stereocenters. The van der Waals surface area contributed by atoms with Crippen molar-refractivity contribution in [1.82, 2.24) is 5.43 Å². The largest absolute Gasteiger partial charge is 1.00 e. The van der Waals surface area contributed by atoms with Crippen LogP contribution in [0, 0.1) is 5.92 Å². The molecule has 168 valence electrons. The summed E-state index contributed by atoms with van der Waals surface area (Å²) < 4.78 is 1.24. The molecule has 2 aliphatic heterocycles. The average molecular weight is 614 g/mol. The van der Waals surface area contributed by atoms with E-state index in [-0.39, 0.29) is 41.8 Å². The first-order valence-corrected chi connectivity index (χ1v) is 12.0. The molecule has 1 saturated heterocycles. The molecule has 0 aliphatic carbocycles. The number of anilines is 1.